The molecule has 0 spiro atoms. The molecule has 0 aliphatic heterocycles. The van der Waals surface area contributed by atoms with Crippen molar-refractivity contribution in [1.29, 1.82) is 0 Å². The summed E-state index contributed by atoms with van der Waals surface area (Å²) in [5.74, 6) is 0.184. The van der Waals surface area contributed by atoms with Crippen LogP contribution in [0.5, 0.6) is 5.75 Å². The average molecular weight is 445 g/mol. The topological polar surface area (TPSA) is 41.6 Å². The normalized spacial score (nSPS) is 11.2. The molecule has 27 heavy (non-hydrogen) atoms. The molecule has 0 aliphatic rings. The Kier molecular flexibility index (Phi) is 6.75. The van der Waals surface area contributed by atoms with Crippen LogP contribution in [0.2, 0.25) is 0 Å². The first-order valence-corrected chi connectivity index (χ1v) is 8.92. The van der Waals surface area contributed by atoms with Gasteiger partial charge in [0.15, 0.2) is 0 Å². The number of benzene rings is 2. The summed E-state index contributed by atoms with van der Waals surface area (Å²) in [5, 5.41) is 2.38. The quantitative estimate of drug-likeness (QED) is 0.672. The second kappa shape index (κ2) is 8.65. The standard InChI is InChI=1S/C19H20BrF3N2O2/c1-25(2)13-6-7-16(14(11-13)19(21,22)23)24-18(26)9-5-12-4-8-17(27-3)15(20)10-12/h4,6-8,10-11H,5,9H2,1-3H3,(H,24,26). The third-order valence-corrected chi connectivity index (χ3v) is 4.58. The predicted molar refractivity (Wildman–Crippen MR) is 103 cm³/mol. The lowest BCUT2D eigenvalue weighted by atomic mass is 10.1. The van der Waals surface area contributed by atoms with Crippen LogP contribution in [0.4, 0.5) is 24.5 Å². The largest absolute Gasteiger partial charge is 0.496 e. The van der Waals surface area contributed by atoms with E-state index in [1.54, 1.807) is 32.2 Å². The van der Waals surface area contributed by atoms with Crippen LogP contribution < -0.4 is 15.0 Å². The summed E-state index contributed by atoms with van der Waals surface area (Å²) in [6.07, 6.45) is -4.10. The zero-order valence-corrected chi connectivity index (χ0v) is 16.7. The highest BCUT2D eigenvalue weighted by molar-refractivity contribution is 9.10. The SMILES string of the molecule is COc1ccc(CCC(=O)Nc2ccc(N(C)C)cc2C(F)(F)F)cc1Br. The maximum Gasteiger partial charge on any atom is 0.418 e. The van der Waals surface area contributed by atoms with E-state index >= 15 is 0 Å². The summed E-state index contributed by atoms with van der Waals surface area (Å²) >= 11 is 3.36. The van der Waals surface area contributed by atoms with Crippen LogP contribution in [-0.2, 0) is 17.4 Å². The molecule has 4 nitrogen and oxygen atoms in total. The van der Waals surface area contributed by atoms with Gasteiger partial charge in [-0.1, -0.05) is 6.07 Å². The number of hydrogen-bond acceptors (Lipinski definition) is 3. The average Bonchev–Trinajstić information content (AvgIpc) is 2.59. The summed E-state index contributed by atoms with van der Waals surface area (Å²) in [6.45, 7) is 0. The number of amides is 1. The Balaban J connectivity index is 2.10. The van der Waals surface area contributed by atoms with Crippen molar-refractivity contribution in [3.8, 4) is 5.75 Å². The number of carbonyl (C=O) groups excluding carboxylic acids is 1. The number of halogens is 4. The van der Waals surface area contributed by atoms with Gasteiger partial charge in [-0.3, -0.25) is 4.79 Å². The van der Waals surface area contributed by atoms with Gasteiger partial charge >= 0.3 is 6.18 Å². The highest BCUT2D eigenvalue weighted by Gasteiger charge is 2.34. The number of alkyl halides is 3. The molecular formula is C19H20BrF3N2O2. The predicted octanol–water partition coefficient (Wildman–Crippen LogP) is 5.11. The van der Waals surface area contributed by atoms with E-state index in [1.807, 2.05) is 12.1 Å². The number of aryl methyl sites for hydroxylation is 1. The van der Waals surface area contributed by atoms with Crippen LogP contribution >= 0.6 is 15.9 Å². The molecule has 0 atom stereocenters. The van der Waals surface area contributed by atoms with E-state index in [-0.39, 0.29) is 12.1 Å². The maximum atomic E-state index is 13.3. The Morgan fingerprint density at radius 3 is 2.44 bits per heavy atom. The molecule has 0 saturated carbocycles. The third kappa shape index (κ3) is 5.63. The summed E-state index contributed by atoms with van der Waals surface area (Å²) in [6, 6.07) is 9.23. The highest BCUT2D eigenvalue weighted by Crippen LogP contribution is 2.37. The van der Waals surface area contributed by atoms with E-state index in [4.69, 9.17) is 4.74 Å². The molecule has 0 saturated heterocycles. The van der Waals surface area contributed by atoms with Gasteiger partial charge in [-0.15, -0.1) is 0 Å². The number of anilines is 2. The number of methoxy groups -OCH3 is 1. The maximum absolute atomic E-state index is 13.3. The molecule has 0 radical (unpaired) electrons. The van der Waals surface area contributed by atoms with Crippen LogP contribution in [0.1, 0.15) is 17.5 Å². The summed E-state index contributed by atoms with van der Waals surface area (Å²) in [4.78, 5) is 13.7. The van der Waals surface area contributed by atoms with Crippen LogP contribution in [0.15, 0.2) is 40.9 Å². The number of rotatable bonds is 6. The second-order valence-corrected chi connectivity index (χ2v) is 6.99. The van der Waals surface area contributed by atoms with E-state index in [0.29, 0.717) is 17.9 Å². The van der Waals surface area contributed by atoms with Crippen molar-refractivity contribution >= 4 is 33.2 Å². The molecule has 2 aromatic rings. The Bertz CT molecular complexity index is 823. The van der Waals surface area contributed by atoms with Gasteiger partial charge in [-0.05, 0) is 58.2 Å². The van der Waals surface area contributed by atoms with E-state index in [1.165, 1.54) is 12.1 Å². The molecule has 0 unspecified atom stereocenters. The zero-order valence-electron chi connectivity index (χ0n) is 15.2. The lowest BCUT2D eigenvalue weighted by Crippen LogP contribution is -2.18. The first-order valence-electron chi connectivity index (χ1n) is 8.12. The Hall–Kier alpha value is -2.22. The highest BCUT2D eigenvalue weighted by atomic mass is 79.9. The van der Waals surface area contributed by atoms with Crippen LogP contribution in [0.3, 0.4) is 0 Å². The second-order valence-electron chi connectivity index (χ2n) is 6.14. The van der Waals surface area contributed by atoms with Crippen molar-refractivity contribution in [2.75, 3.05) is 31.4 Å². The van der Waals surface area contributed by atoms with Gasteiger partial charge in [0, 0.05) is 26.2 Å². The molecule has 0 aliphatic carbocycles. The number of carbonyl (C=O) groups is 1. The molecular weight excluding hydrogens is 425 g/mol. The molecule has 146 valence electrons. The van der Waals surface area contributed by atoms with Gasteiger partial charge in [-0.25, -0.2) is 0 Å². The van der Waals surface area contributed by atoms with Gasteiger partial charge in [0.25, 0.3) is 0 Å². The minimum atomic E-state index is -4.56. The fourth-order valence-electron chi connectivity index (χ4n) is 2.49. The first-order chi connectivity index (χ1) is 12.6. The van der Waals surface area contributed by atoms with Crippen molar-refractivity contribution in [2.24, 2.45) is 0 Å². The minimum Gasteiger partial charge on any atom is -0.496 e. The number of nitrogens with zero attached hydrogens (tertiary/aromatic N) is 1. The smallest absolute Gasteiger partial charge is 0.418 e. The first kappa shape index (κ1) is 21.1. The molecule has 0 bridgehead atoms. The van der Waals surface area contributed by atoms with E-state index in [2.05, 4.69) is 21.2 Å². The lowest BCUT2D eigenvalue weighted by molar-refractivity contribution is -0.136. The Morgan fingerprint density at radius 2 is 1.89 bits per heavy atom. The van der Waals surface area contributed by atoms with Gasteiger partial charge in [0.2, 0.25) is 5.91 Å². The van der Waals surface area contributed by atoms with Crippen molar-refractivity contribution in [2.45, 2.75) is 19.0 Å². The van der Waals surface area contributed by atoms with Gasteiger partial charge in [0.1, 0.15) is 5.75 Å². The molecule has 0 fully saturated rings. The zero-order chi connectivity index (χ0) is 20.2. The van der Waals surface area contributed by atoms with Crippen molar-refractivity contribution < 1.29 is 22.7 Å². The van der Waals surface area contributed by atoms with Crippen LogP contribution in [0, 0.1) is 0 Å². The van der Waals surface area contributed by atoms with Crippen molar-refractivity contribution in [3.05, 3.63) is 52.0 Å². The summed E-state index contributed by atoms with van der Waals surface area (Å²) < 4.78 is 45.9. The number of hydrogen-bond donors (Lipinski definition) is 1. The van der Waals surface area contributed by atoms with Crippen molar-refractivity contribution in [3.63, 3.8) is 0 Å². The van der Waals surface area contributed by atoms with Crippen LogP contribution in [0.25, 0.3) is 0 Å². The fraction of sp³-hybridized carbons (Fsp3) is 0.316. The van der Waals surface area contributed by atoms with Gasteiger partial charge in [0.05, 0.1) is 22.8 Å². The Labute approximate surface area is 164 Å². The lowest BCUT2D eigenvalue weighted by Gasteiger charge is -2.18. The molecule has 8 heteroatoms. The molecule has 2 rings (SSSR count). The minimum absolute atomic E-state index is 0.0610. The van der Waals surface area contributed by atoms with E-state index in [9.17, 15) is 18.0 Å². The summed E-state index contributed by atoms with van der Waals surface area (Å²) in [7, 11) is 4.86. The number of ether oxygens (including phenoxy) is 1. The Morgan fingerprint density at radius 1 is 1.19 bits per heavy atom. The molecule has 2 aromatic carbocycles. The van der Waals surface area contributed by atoms with Gasteiger partial charge in [-0.2, -0.15) is 13.2 Å². The van der Waals surface area contributed by atoms with Crippen LogP contribution in [-0.4, -0.2) is 27.1 Å². The summed E-state index contributed by atoms with van der Waals surface area (Å²) in [5.41, 5.74) is 0.170. The molecule has 0 heterocycles. The molecule has 1 amide bonds. The monoisotopic (exact) mass is 444 g/mol. The fourth-order valence-corrected chi connectivity index (χ4v) is 3.08. The molecule has 0 aromatic heterocycles. The van der Waals surface area contributed by atoms with Crippen molar-refractivity contribution in [1.82, 2.24) is 0 Å². The van der Waals surface area contributed by atoms with E-state index < -0.39 is 17.6 Å². The van der Waals surface area contributed by atoms with E-state index in [0.717, 1.165) is 16.1 Å². The molecule has 1 N–H and O–H groups in total. The number of nitrogens with one attached hydrogen (secondary N) is 1. The van der Waals surface area contributed by atoms with Gasteiger partial charge < -0.3 is 15.0 Å². The third-order valence-electron chi connectivity index (χ3n) is 3.96.